The van der Waals surface area contributed by atoms with Gasteiger partial charge in [-0.3, -0.25) is 4.79 Å². The number of fused-ring (bicyclic) bond motifs is 3. The first-order valence-corrected chi connectivity index (χ1v) is 8.82. The summed E-state index contributed by atoms with van der Waals surface area (Å²) in [5.41, 5.74) is 6.39. The van der Waals surface area contributed by atoms with Gasteiger partial charge in [-0.1, -0.05) is 12.8 Å². The fourth-order valence-electron chi connectivity index (χ4n) is 5.79. The molecule has 0 aromatic rings. The molecule has 0 aromatic carbocycles. The summed E-state index contributed by atoms with van der Waals surface area (Å²) in [4.78, 5) is 15.4. The molecule has 3 heteroatoms. The molecule has 6 atom stereocenters. The predicted molar refractivity (Wildman–Crippen MR) is 79.0 cm³/mol. The molecule has 4 rings (SSSR count). The molecule has 4 unspecified atom stereocenters. The van der Waals surface area contributed by atoms with E-state index in [9.17, 15) is 4.79 Å². The van der Waals surface area contributed by atoms with E-state index in [2.05, 4.69) is 4.90 Å². The summed E-state index contributed by atoms with van der Waals surface area (Å²) >= 11 is 0. The van der Waals surface area contributed by atoms with Crippen LogP contribution in [0.15, 0.2) is 0 Å². The average molecular weight is 276 g/mol. The molecule has 3 nitrogen and oxygen atoms in total. The Bertz CT molecular complexity index is 392. The first-order chi connectivity index (χ1) is 9.75. The van der Waals surface area contributed by atoms with Gasteiger partial charge in [-0.2, -0.15) is 0 Å². The van der Waals surface area contributed by atoms with Crippen LogP contribution in [0.1, 0.15) is 57.8 Å². The molecule has 0 spiro atoms. The van der Waals surface area contributed by atoms with Crippen LogP contribution >= 0.6 is 0 Å². The van der Waals surface area contributed by atoms with Gasteiger partial charge in [0, 0.05) is 18.6 Å². The van der Waals surface area contributed by atoms with Crippen molar-refractivity contribution in [3.05, 3.63) is 0 Å². The Labute approximate surface area is 122 Å². The van der Waals surface area contributed by atoms with Crippen LogP contribution in [0.2, 0.25) is 0 Å². The van der Waals surface area contributed by atoms with Gasteiger partial charge in [0.25, 0.3) is 0 Å². The summed E-state index contributed by atoms with van der Waals surface area (Å²) in [6.07, 6.45) is 11.6. The second-order valence-electron chi connectivity index (χ2n) is 7.72. The van der Waals surface area contributed by atoms with Crippen LogP contribution in [0.4, 0.5) is 0 Å². The lowest BCUT2D eigenvalue weighted by molar-refractivity contribution is -0.144. The zero-order valence-electron chi connectivity index (χ0n) is 12.5. The molecular weight excluding hydrogens is 248 g/mol. The summed E-state index contributed by atoms with van der Waals surface area (Å²) in [6, 6.07) is 0.710. The van der Waals surface area contributed by atoms with E-state index in [0.717, 1.165) is 12.5 Å². The van der Waals surface area contributed by atoms with Crippen molar-refractivity contribution in [1.29, 1.82) is 0 Å². The van der Waals surface area contributed by atoms with Gasteiger partial charge >= 0.3 is 0 Å². The lowest BCUT2D eigenvalue weighted by Crippen LogP contribution is -2.55. The lowest BCUT2D eigenvalue weighted by atomic mass is 9.76. The highest BCUT2D eigenvalue weighted by molar-refractivity contribution is 5.81. The molecule has 3 aliphatic carbocycles. The SMILES string of the molecule is NC1C2CCC(C2)C1C(=O)N1CCC[C@H]2CCCC[C@H]21. The molecule has 3 saturated carbocycles. The Hall–Kier alpha value is -0.570. The molecule has 4 aliphatic rings. The van der Waals surface area contributed by atoms with Gasteiger partial charge in [-0.15, -0.1) is 0 Å². The number of rotatable bonds is 1. The van der Waals surface area contributed by atoms with Gasteiger partial charge in [0.2, 0.25) is 5.91 Å². The zero-order valence-corrected chi connectivity index (χ0v) is 12.5. The highest BCUT2D eigenvalue weighted by Crippen LogP contribution is 2.49. The maximum atomic E-state index is 13.1. The molecule has 1 amide bonds. The van der Waals surface area contributed by atoms with Crippen LogP contribution in [0.3, 0.4) is 0 Å². The fourth-order valence-corrected chi connectivity index (χ4v) is 5.79. The minimum absolute atomic E-state index is 0.158. The monoisotopic (exact) mass is 276 g/mol. The predicted octanol–water partition coefficient (Wildman–Crippen LogP) is 2.54. The Morgan fingerprint density at radius 2 is 1.65 bits per heavy atom. The van der Waals surface area contributed by atoms with Crippen LogP contribution in [-0.2, 0) is 4.79 Å². The number of likely N-dealkylation sites (tertiary alicyclic amines) is 1. The van der Waals surface area contributed by atoms with Gasteiger partial charge in [-0.05, 0) is 62.7 Å². The van der Waals surface area contributed by atoms with Crippen molar-refractivity contribution in [2.24, 2.45) is 29.4 Å². The number of carbonyl (C=O) groups is 1. The summed E-state index contributed by atoms with van der Waals surface area (Å²) in [5.74, 6) is 2.62. The Morgan fingerprint density at radius 1 is 0.900 bits per heavy atom. The normalized spacial score (nSPS) is 47.4. The van der Waals surface area contributed by atoms with Crippen LogP contribution in [-0.4, -0.2) is 29.4 Å². The Kier molecular flexibility index (Phi) is 3.29. The molecule has 20 heavy (non-hydrogen) atoms. The summed E-state index contributed by atoms with van der Waals surface area (Å²) < 4.78 is 0. The molecule has 2 bridgehead atoms. The summed E-state index contributed by atoms with van der Waals surface area (Å²) in [6.45, 7) is 1.00. The zero-order chi connectivity index (χ0) is 13.7. The molecule has 4 fully saturated rings. The van der Waals surface area contributed by atoms with E-state index in [4.69, 9.17) is 5.73 Å². The Morgan fingerprint density at radius 3 is 2.45 bits per heavy atom. The van der Waals surface area contributed by atoms with E-state index in [-0.39, 0.29) is 12.0 Å². The molecule has 2 N–H and O–H groups in total. The van der Waals surface area contributed by atoms with Gasteiger partial charge in [0.1, 0.15) is 0 Å². The van der Waals surface area contributed by atoms with Crippen LogP contribution in [0, 0.1) is 23.7 Å². The van der Waals surface area contributed by atoms with E-state index >= 15 is 0 Å². The van der Waals surface area contributed by atoms with E-state index < -0.39 is 0 Å². The van der Waals surface area contributed by atoms with Gasteiger partial charge in [0.15, 0.2) is 0 Å². The van der Waals surface area contributed by atoms with E-state index in [1.807, 2.05) is 0 Å². The topological polar surface area (TPSA) is 46.3 Å². The number of carbonyl (C=O) groups excluding carboxylic acids is 1. The third kappa shape index (κ3) is 1.93. The summed E-state index contributed by atoms with van der Waals surface area (Å²) in [7, 11) is 0. The van der Waals surface area contributed by atoms with Gasteiger partial charge < -0.3 is 10.6 Å². The third-order valence-corrected chi connectivity index (χ3v) is 6.79. The van der Waals surface area contributed by atoms with Crippen molar-refractivity contribution in [3.63, 3.8) is 0 Å². The van der Waals surface area contributed by atoms with Crippen molar-refractivity contribution >= 4 is 5.91 Å². The van der Waals surface area contributed by atoms with Crippen molar-refractivity contribution in [1.82, 2.24) is 4.90 Å². The van der Waals surface area contributed by atoms with Gasteiger partial charge in [-0.25, -0.2) is 0 Å². The van der Waals surface area contributed by atoms with Crippen molar-refractivity contribution < 1.29 is 4.79 Å². The minimum Gasteiger partial charge on any atom is -0.339 e. The average Bonchev–Trinajstić information content (AvgIpc) is 3.07. The van der Waals surface area contributed by atoms with Crippen molar-refractivity contribution in [2.75, 3.05) is 6.54 Å². The molecule has 0 aromatic heterocycles. The highest BCUT2D eigenvalue weighted by atomic mass is 16.2. The van der Waals surface area contributed by atoms with Crippen LogP contribution in [0.5, 0.6) is 0 Å². The number of hydrogen-bond acceptors (Lipinski definition) is 2. The minimum atomic E-state index is 0.158. The number of amides is 1. The van der Waals surface area contributed by atoms with Crippen LogP contribution < -0.4 is 5.73 Å². The fraction of sp³-hybridized carbons (Fsp3) is 0.941. The Balaban J connectivity index is 1.52. The second-order valence-corrected chi connectivity index (χ2v) is 7.72. The smallest absolute Gasteiger partial charge is 0.227 e. The first kappa shape index (κ1) is 13.1. The van der Waals surface area contributed by atoms with E-state index in [0.29, 0.717) is 23.8 Å². The van der Waals surface area contributed by atoms with Gasteiger partial charge in [0.05, 0.1) is 5.92 Å². The molecule has 0 radical (unpaired) electrons. The molecular formula is C17H28N2O. The molecule has 1 saturated heterocycles. The maximum Gasteiger partial charge on any atom is 0.227 e. The second kappa shape index (κ2) is 5.01. The number of nitrogens with zero attached hydrogens (tertiary/aromatic N) is 1. The number of nitrogens with two attached hydrogens (primary N) is 1. The number of piperidine rings is 1. The lowest BCUT2D eigenvalue weighted by Gasteiger charge is -2.46. The quantitative estimate of drug-likeness (QED) is 0.800. The first-order valence-electron chi connectivity index (χ1n) is 8.82. The summed E-state index contributed by atoms with van der Waals surface area (Å²) in [5, 5.41) is 0. The van der Waals surface area contributed by atoms with Crippen molar-refractivity contribution in [3.8, 4) is 0 Å². The largest absolute Gasteiger partial charge is 0.339 e. The standard InChI is InChI=1S/C17H28N2O/c18-16-13-8-7-12(10-13)15(16)17(20)19-9-3-5-11-4-1-2-6-14(11)19/h11-16H,1-10,18H2/t11-,12?,13?,14-,15?,16?/m1/s1. The highest BCUT2D eigenvalue weighted by Gasteiger charge is 2.51. The van der Waals surface area contributed by atoms with Crippen molar-refractivity contribution in [2.45, 2.75) is 69.9 Å². The third-order valence-electron chi connectivity index (χ3n) is 6.79. The molecule has 1 aliphatic heterocycles. The maximum absolute atomic E-state index is 13.1. The van der Waals surface area contributed by atoms with E-state index in [1.165, 1.54) is 57.8 Å². The van der Waals surface area contributed by atoms with Crippen LogP contribution in [0.25, 0.3) is 0 Å². The molecule has 112 valence electrons. The molecule has 1 heterocycles. The number of hydrogen-bond donors (Lipinski definition) is 1. The van der Waals surface area contributed by atoms with E-state index in [1.54, 1.807) is 0 Å².